The molecule has 0 saturated heterocycles. The fourth-order valence-corrected chi connectivity index (χ4v) is 1.63. The molecule has 0 bridgehead atoms. The van der Waals surface area contributed by atoms with Crippen molar-refractivity contribution in [2.75, 3.05) is 20.1 Å². The molecule has 0 heterocycles. The molecule has 0 aromatic rings. The van der Waals surface area contributed by atoms with Crippen molar-refractivity contribution in [3.63, 3.8) is 0 Å². The van der Waals surface area contributed by atoms with Crippen LogP contribution in [0.5, 0.6) is 0 Å². The number of rotatable bonds is 8. The number of carbonyl (C=O) groups is 1. The van der Waals surface area contributed by atoms with Gasteiger partial charge in [-0.3, -0.25) is 4.79 Å². The van der Waals surface area contributed by atoms with Crippen LogP contribution in [0.1, 0.15) is 32.6 Å². The van der Waals surface area contributed by atoms with Gasteiger partial charge in [-0.2, -0.15) is 0 Å². The lowest BCUT2D eigenvalue weighted by molar-refractivity contribution is -0.137. The van der Waals surface area contributed by atoms with Crippen LogP contribution in [0.15, 0.2) is 0 Å². The van der Waals surface area contributed by atoms with E-state index in [4.69, 9.17) is 5.11 Å². The average molecular weight is 214 g/mol. The van der Waals surface area contributed by atoms with Gasteiger partial charge in [-0.05, 0) is 33.2 Å². The van der Waals surface area contributed by atoms with Crippen LogP contribution < -0.4 is 5.32 Å². The van der Waals surface area contributed by atoms with Crippen molar-refractivity contribution in [2.45, 2.75) is 44.7 Å². The Hall–Kier alpha value is -0.610. The van der Waals surface area contributed by atoms with Gasteiger partial charge in [0.2, 0.25) is 0 Å². The summed E-state index contributed by atoms with van der Waals surface area (Å²) in [6.07, 6.45) is 3.64. The second-order valence-corrected chi connectivity index (χ2v) is 4.50. The van der Waals surface area contributed by atoms with E-state index in [-0.39, 0.29) is 6.42 Å². The largest absolute Gasteiger partial charge is 0.481 e. The van der Waals surface area contributed by atoms with Gasteiger partial charge in [0.1, 0.15) is 0 Å². The summed E-state index contributed by atoms with van der Waals surface area (Å²) in [5, 5.41) is 11.9. The Morgan fingerprint density at radius 3 is 2.80 bits per heavy atom. The fraction of sp³-hybridized carbons (Fsp3) is 0.909. The first-order valence-corrected chi connectivity index (χ1v) is 5.75. The van der Waals surface area contributed by atoms with Gasteiger partial charge in [0.25, 0.3) is 0 Å². The lowest BCUT2D eigenvalue weighted by Crippen LogP contribution is -2.35. The van der Waals surface area contributed by atoms with Crippen LogP contribution in [-0.2, 0) is 4.79 Å². The molecule has 2 N–H and O–H groups in total. The first kappa shape index (κ1) is 12.5. The summed E-state index contributed by atoms with van der Waals surface area (Å²) in [4.78, 5) is 12.7. The maximum absolute atomic E-state index is 10.3. The Balaban J connectivity index is 1.95. The summed E-state index contributed by atoms with van der Waals surface area (Å²) in [7, 11) is 2.15. The smallest absolute Gasteiger partial charge is 0.303 e. The first-order chi connectivity index (χ1) is 7.09. The van der Waals surface area contributed by atoms with Crippen molar-refractivity contribution in [3.05, 3.63) is 0 Å². The van der Waals surface area contributed by atoms with Crippen LogP contribution >= 0.6 is 0 Å². The van der Waals surface area contributed by atoms with Gasteiger partial charge < -0.3 is 15.3 Å². The molecule has 0 spiro atoms. The molecule has 1 fully saturated rings. The highest BCUT2D eigenvalue weighted by molar-refractivity contribution is 5.66. The number of nitrogens with zero attached hydrogens (tertiary/aromatic N) is 1. The zero-order valence-electron chi connectivity index (χ0n) is 9.70. The number of hydrogen-bond donors (Lipinski definition) is 2. The van der Waals surface area contributed by atoms with Crippen molar-refractivity contribution in [1.29, 1.82) is 0 Å². The number of nitrogens with one attached hydrogen (secondary N) is 1. The standard InChI is InChI=1S/C11H22N2O2/c1-9(3-6-11(14)15)12-7-8-13(2)10-4-5-10/h9-10,12H,3-8H2,1-2H3,(H,14,15). The van der Waals surface area contributed by atoms with E-state index in [1.807, 2.05) is 6.92 Å². The number of aliphatic carboxylic acids is 1. The van der Waals surface area contributed by atoms with Gasteiger partial charge in [0, 0.05) is 31.6 Å². The molecule has 15 heavy (non-hydrogen) atoms. The van der Waals surface area contributed by atoms with E-state index >= 15 is 0 Å². The molecule has 0 amide bonds. The Bertz CT molecular complexity index is 205. The van der Waals surface area contributed by atoms with Crippen molar-refractivity contribution in [3.8, 4) is 0 Å². The van der Waals surface area contributed by atoms with Gasteiger partial charge in [-0.15, -0.1) is 0 Å². The summed E-state index contributed by atoms with van der Waals surface area (Å²) >= 11 is 0. The highest BCUT2D eigenvalue weighted by atomic mass is 16.4. The summed E-state index contributed by atoms with van der Waals surface area (Å²) in [5.41, 5.74) is 0. The number of hydrogen-bond acceptors (Lipinski definition) is 3. The third-order valence-electron chi connectivity index (χ3n) is 2.92. The molecule has 1 aliphatic rings. The molecular formula is C11H22N2O2. The molecular weight excluding hydrogens is 192 g/mol. The first-order valence-electron chi connectivity index (χ1n) is 5.75. The minimum atomic E-state index is -0.709. The zero-order chi connectivity index (χ0) is 11.3. The van der Waals surface area contributed by atoms with Crippen LogP contribution in [0.25, 0.3) is 0 Å². The second-order valence-electron chi connectivity index (χ2n) is 4.50. The quantitative estimate of drug-likeness (QED) is 0.631. The molecule has 0 aromatic heterocycles. The topological polar surface area (TPSA) is 52.6 Å². The zero-order valence-corrected chi connectivity index (χ0v) is 9.70. The van der Waals surface area contributed by atoms with E-state index in [1.54, 1.807) is 0 Å². The van der Waals surface area contributed by atoms with E-state index in [2.05, 4.69) is 17.3 Å². The molecule has 1 atom stereocenters. The summed E-state index contributed by atoms with van der Waals surface area (Å²) in [6.45, 7) is 4.05. The summed E-state index contributed by atoms with van der Waals surface area (Å²) in [6, 6.07) is 1.11. The van der Waals surface area contributed by atoms with Crippen molar-refractivity contribution < 1.29 is 9.90 Å². The van der Waals surface area contributed by atoms with Gasteiger partial charge >= 0.3 is 5.97 Å². The van der Waals surface area contributed by atoms with E-state index in [9.17, 15) is 4.79 Å². The van der Waals surface area contributed by atoms with Crippen LogP contribution in [0, 0.1) is 0 Å². The van der Waals surface area contributed by atoms with Crippen LogP contribution in [0.3, 0.4) is 0 Å². The van der Waals surface area contributed by atoms with E-state index in [0.717, 1.165) is 19.1 Å². The van der Waals surface area contributed by atoms with Gasteiger partial charge in [0.15, 0.2) is 0 Å². The van der Waals surface area contributed by atoms with Crippen molar-refractivity contribution in [1.82, 2.24) is 10.2 Å². The normalized spacial score (nSPS) is 18.1. The molecule has 1 aliphatic carbocycles. The van der Waals surface area contributed by atoms with E-state index in [0.29, 0.717) is 12.5 Å². The molecule has 88 valence electrons. The van der Waals surface area contributed by atoms with Crippen LogP contribution in [-0.4, -0.2) is 48.2 Å². The van der Waals surface area contributed by atoms with Crippen LogP contribution in [0.2, 0.25) is 0 Å². The molecule has 1 rings (SSSR count). The summed E-state index contributed by atoms with van der Waals surface area (Å²) in [5.74, 6) is -0.709. The highest BCUT2D eigenvalue weighted by Crippen LogP contribution is 2.24. The van der Waals surface area contributed by atoms with Crippen LogP contribution in [0.4, 0.5) is 0 Å². The molecule has 1 saturated carbocycles. The SMILES string of the molecule is CC(CCC(=O)O)NCCN(C)C1CC1. The Labute approximate surface area is 91.6 Å². The molecule has 0 aromatic carbocycles. The molecule has 0 aliphatic heterocycles. The number of likely N-dealkylation sites (N-methyl/N-ethyl adjacent to an activating group) is 1. The monoisotopic (exact) mass is 214 g/mol. The number of carboxylic acid groups (broad SMARTS) is 1. The Morgan fingerprint density at radius 2 is 2.27 bits per heavy atom. The maximum Gasteiger partial charge on any atom is 0.303 e. The number of carboxylic acids is 1. The molecule has 0 radical (unpaired) electrons. The third kappa shape index (κ3) is 5.74. The van der Waals surface area contributed by atoms with Crippen molar-refractivity contribution in [2.24, 2.45) is 0 Å². The molecule has 4 heteroatoms. The minimum Gasteiger partial charge on any atom is -0.481 e. The lowest BCUT2D eigenvalue weighted by atomic mass is 10.2. The highest BCUT2D eigenvalue weighted by Gasteiger charge is 2.25. The average Bonchev–Trinajstić information content (AvgIpc) is 2.97. The van der Waals surface area contributed by atoms with Gasteiger partial charge in [-0.1, -0.05) is 0 Å². The lowest BCUT2D eigenvalue weighted by Gasteiger charge is -2.18. The predicted octanol–water partition coefficient (Wildman–Crippen LogP) is 0.924. The fourth-order valence-electron chi connectivity index (χ4n) is 1.63. The third-order valence-corrected chi connectivity index (χ3v) is 2.92. The van der Waals surface area contributed by atoms with Gasteiger partial charge in [-0.25, -0.2) is 0 Å². The predicted molar refractivity (Wildman–Crippen MR) is 60.0 cm³/mol. The molecule has 4 nitrogen and oxygen atoms in total. The Morgan fingerprint density at radius 1 is 1.60 bits per heavy atom. The van der Waals surface area contributed by atoms with E-state index in [1.165, 1.54) is 12.8 Å². The maximum atomic E-state index is 10.3. The molecule has 1 unspecified atom stereocenters. The minimum absolute atomic E-state index is 0.257. The van der Waals surface area contributed by atoms with E-state index < -0.39 is 5.97 Å². The second kappa shape index (κ2) is 6.08. The Kier molecular flexibility index (Phi) is 5.05. The van der Waals surface area contributed by atoms with Crippen molar-refractivity contribution >= 4 is 5.97 Å². The summed E-state index contributed by atoms with van der Waals surface area (Å²) < 4.78 is 0. The van der Waals surface area contributed by atoms with Gasteiger partial charge in [0.05, 0.1) is 0 Å².